The Morgan fingerprint density at radius 2 is 1.65 bits per heavy atom. The summed E-state index contributed by atoms with van der Waals surface area (Å²) in [6.45, 7) is 3.89. The van der Waals surface area contributed by atoms with Crippen molar-refractivity contribution in [2.45, 2.75) is 18.7 Å². The molecular formula is C10H12BrF2NO2S. The van der Waals surface area contributed by atoms with Crippen LogP contribution in [0.1, 0.15) is 13.8 Å². The van der Waals surface area contributed by atoms with E-state index in [0.717, 1.165) is 6.07 Å². The molecule has 17 heavy (non-hydrogen) atoms. The molecular weight excluding hydrogens is 316 g/mol. The lowest BCUT2D eigenvalue weighted by Gasteiger charge is -2.19. The van der Waals surface area contributed by atoms with Gasteiger partial charge in [0.05, 0.1) is 4.90 Å². The highest BCUT2D eigenvalue weighted by Crippen LogP contribution is 2.27. The van der Waals surface area contributed by atoms with Crippen molar-refractivity contribution < 1.29 is 17.2 Å². The molecule has 0 fully saturated rings. The third-order valence-electron chi connectivity index (χ3n) is 2.30. The van der Waals surface area contributed by atoms with E-state index >= 15 is 0 Å². The van der Waals surface area contributed by atoms with Crippen LogP contribution in [-0.2, 0) is 10.0 Å². The van der Waals surface area contributed by atoms with E-state index in [1.165, 1.54) is 4.31 Å². The van der Waals surface area contributed by atoms with Gasteiger partial charge in [0.2, 0.25) is 10.0 Å². The van der Waals surface area contributed by atoms with Gasteiger partial charge in [0, 0.05) is 17.6 Å². The van der Waals surface area contributed by atoms with Crippen molar-refractivity contribution in [3.05, 3.63) is 28.2 Å². The van der Waals surface area contributed by atoms with Crippen molar-refractivity contribution in [2.75, 3.05) is 13.1 Å². The van der Waals surface area contributed by atoms with Gasteiger partial charge in [-0.3, -0.25) is 0 Å². The lowest BCUT2D eigenvalue weighted by molar-refractivity contribution is 0.443. The van der Waals surface area contributed by atoms with Crippen LogP contribution < -0.4 is 0 Å². The minimum atomic E-state index is -3.79. The summed E-state index contributed by atoms with van der Waals surface area (Å²) in [5, 5.41) is 0. The van der Waals surface area contributed by atoms with Crippen LogP contribution in [0.15, 0.2) is 21.5 Å². The van der Waals surface area contributed by atoms with Gasteiger partial charge in [0.25, 0.3) is 0 Å². The predicted molar refractivity (Wildman–Crippen MR) is 64.2 cm³/mol. The van der Waals surface area contributed by atoms with Crippen molar-refractivity contribution in [3.8, 4) is 0 Å². The predicted octanol–water partition coefficient (Wildman–Crippen LogP) is 2.76. The van der Waals surface area contributed by atoms with Gasteiger partial charge in [-0.1, -0.05) is 13.8 Å². The zero-order valence-electron chi connectivity index (χ0n) is 9.37. The number of halogens is 3. The average Bonchev–Trinajstić information content (AvgIpc) is 2.24. The molecule has 3 nitrogen and oxygen atoms in total. The van der Waals surface area contributed by atoms with E-state index < -0.39 is 21.7 Å². The summed E-state index contributed by atoms with van der Waals surface area (Å²) >= 11 is 2.93. The lowest BCUT2D eigenvalue weighted by atomic mass is 10.3. The van der Waals surface area contributed by atoms with Crippen LogP contribution >= 0.6 is 15.9 Å². The maximum Gasteiger partial charge on any atom is 0.244 e. The summed E-state index contributed by atoms with van der Waals surface area (Å²) in [6.07, 6.45) is 0. The molecule has 7 heteroatoms. The normalized spacial score (nSPS) is 12.1. The van der Waals surface area contributed by atoms with Crippen LogP contribution in [0.4, 0.5) is 8.78 Å². The van der Waals surface area contributed by atoms with E-state index in [9.17, 15) is 17.2 Å². The maximum absolute atomic E-state index is 13.1. The number of hydrogen-bond acceptors (Lipinski definition) is 2. The van der Waals surface area contributed by atoms with E-state index in [1.54, 1.807) is 13.8 Å². The molecule has 0 aromatic heterocycles. The number of hydrogen-bond donors (Lipinski definition) is 0. The molecule has 0 heterocycles. The molecule has 0 radical (unpaired) electrons. The first kappa shape index (κ1) is 14.5. The summed E-state index contributed by atoms with van der Waals surface area (Å²) in [7, 11) is -3.79. The largest absolute Gasteiger partial charge is 0.244 e. The molecule has 0 aliphatic heterocycles. The second kappa shape index (κ2) is 5.41. The molecule has 1 aromatic carbocycles. The van der Waals surface area contributed by atoms with Gasteiger partial charge in [-0.25, -0.2) is 17.2 Å². The SMILES string of the molecule is CCN(CC)S(=O)(=O)c1cc(F)c(F)cc1Br. The molecule has 96 valence electrons. The van der Waals surface area contributed by atoms with Gasteiger partial charge in [0.15, 0.2) is 11.6 Å². The van der Waals surface area contributed by atoms with Crippen LogP contribution in [0.5, 0.6) is 0 Å². The molecule has 0 amide bonds. The molecule has 0 unspecified atom stereocenters. The van der Waals surface area contributed by atoms with Gasteiger partial charge >= 0.3 is 0 Å². The molecule has 0 atom stereocenters. The monoisotopic (exact) mass is 327 g/mol. The molecule has 0 aliphatic rings. The highest BCUT2D eigenvalue weighted by molar-refractivity contribution is 9.10. The molecule has 0 bridgehead atoms. The van der Waals surface area contributed by atoms with Gasteiger partial charge in [-0.15, -0.1) is 0 Å². The number of benzene rings is 1. The van der Waals surface area contributed by atoms with Crippen molar-refractivity contribution in [3.63, 3.8) is 0 Å². The second-order valence-electron chi connectivity index (χ2n) is 3.29. The van der Waals surface area contributed by atoms with Crippen LogP contribution in [0.2, 0.25) is 0 Å². The van der Waals surface area contributed by atoms with Crippen LogP contribution in [0, 0.1) is 11.6 Å². The summed E-state index contributed by atoms with van der Waals surface area (Å²) < 4.78 is 51.3. The number of sulfonamides is 1. The van der Waals surface area contributed by atoms with E-state index in [4.69, 9.17) is 0 Å². The number of rotatable bonds is 4. The first-order chi connectivity index (χ1) is 7.84. The zero-order chi connectivity index (χ0) is 13.2. The van der Waals surface area contributed by atoms with Crippen molar-refractivity contribution in [2.24, 2.45) is 0 Å². The van der Waals surface area contributed by atoms with Crippen molar-refractivity contribution in [1.29, 1.82) is 0 Å². The summed E-state index contributed by atoms with van der Waals surface area (Å²) in [5.41, 5.74) is 0. The molecule has 0 saturated carbocycles. The minimum absolute atomic E-state index is 0.0169. The van der Waals surface area contributed by atoms with Gasteiger partial charge < -0.3 is 0 Å². The van der Waals surface area contributed by atoms with Gasteiger partial charge in [0.1, 0.15) is 0 Å². The maximum atomic E-state index is 13.1. The molecule has 0 aliphatic carbocycles. The topological polar surface area (TPSA) is 37.4 Å². The summed E-state index contributed by atoms with van der Waals surface area (Å²) in [4.78, 5) is -0.264. The first-order valence-electron chi connectivity index (χ1n) is 4.99. The molecule has 1 rings (SSSR count). The molecule has 0 saturated heterocycles. The van der Waals surface area contributed by atoms with E-state index in [0.29, 0.717) is 6.07 Å². The Labute approximate surface area is 108 Å². The van der Waals surface area contributed by atoms with Crippen molar-refractivity contribution >= 4 is 26.0 Å². The van der Waals surface area contributed by atoms with E-state index in [1.807, 2.05) is 0 Å². The van der Waals surface area contributed by atoms with E-state index in [-0.39, 0.29) is 22.5 Å². The first-order valence-corrected chi connectivity index (χ1v) is 7.22. The Morgan fingerprint density at radius 3 is 2.12 bits per heavy atom. The zero-order valence-corrected chi connectivity index (χ0v) is 11.8. The fourth-order valence-corrected chi connectivity index (χ4v) is 3.85. The average molecular weight is 328 g/mol. The quantitative estimate of drug-likeness (QED) is 0.797. The Kier molecular flexibility index (Phi) is 4.62. The van der Waals surface area contributed by atoms with Crippen LogP contribution in [0.3, 0.4) is 0 Å². The van der Waals surface area contributed by atoms with Crippen LogP contribution in [0.25, 0.3) is 0 Å². The third-order valence-corrected chi connectivity index (χ3v) is 5.31. The van der Waals surface area contributed by atoms with Gasteiger partial charge in [-0.2, -0.15) is 4.31 Å². The Morgan fingerprint density at radius 1 is 1.18 bits per heavy atom. The highest BCUT2D eigenvalue weighted by atomic mass is 79.9. The Bertz CT molecular complexity index is 515. The highest BCUT2D eigenvalue weighted by Gasteiger charge is 2.25. The number of nitrogens with zero attached hydrogens (tertiary/aromatic N) is 1. The minimum Gasteiger partial charge on any atom is -0.207 e. The Balaban J connectivity index is 3.38. The molecule has 0 spiro atoms. The molecule has 0 N–H and O–H groups in total. The lowest BCUT2D eigenvalue weighted by Crippen LogP contribution is -2.31. The van der Waals surface area contributed by atoms with Gasteiger partial charge in [-0.05, 0) is 28.1 Å². The summed E-state index contributed by atoms with van der Waals surface area (Å²) in [6, 6.07) is 1.50. The smallest absolute Gasteiger partial charge is 0.207 e. The third kappa shape index (κ3) is 2.83. The fraction of sp³-hybridized carbons (Fsp3) is 0.400. The fourth-order valence-electron chi connectivity index (χ4n) is 1.40. The van der Waals surface area contributed by atoms with Crippen LogP contribution in [-0.4, -0.2) is 25.8 Å². The molecule has 1 aromatic rings. The van der Waals surface area contributed by atoms with Crippen molar-refractivity contribution in [1.82, 2.24) is 4.31 Å². The second-order valence-corrected chi connectivity index (χ2v) is 6.05. The standard InChI is InChI=1S/C10H12BrF2NO2S/c1-3-14(4-2)17(15,16)10-6-9(13)8(12)5-7(10)11/h5-6H,3-4H2,1-2H3. The Hall–Kier alpha value is -0.530. The summed E-state index contributed by atoms with van der Waals surface area (Å²) in [5.74, 6) is -2.27. The van der Waals surface area contributed by atoms with E-state index in [2.05, 4.69) is 15.9 Å².